The Morgan fingerprint density at radius 3 is 2.43 bits per heavy atom. The van der Waals surface area contributed by atoms with Gasteiger partial charge in [-0.2, -0.15) is 0 Å². The van der Waals surface area contributed by atoms with Crippen molar-refractivity contribution in [1.29, 1.82) is 0 Å². The van der Waals surface area contributed by atoms with Crippen molar-refractivity contribution in [2.24, 2.45) is 5.92 Å². The van der Waals surface area contributed by atoms with Gasteiger partial charge in [-0.05, 0) is 136 Å². The van der Waals surface area contributed by atoms with Crippen LogP contribution in [0.3, 0.4) is 0 Å². The van der Waals surface area contributed by atoms with Crippen molar-refractivity contribution in [1.82, 2.24) is 35.0 Å². The molecule has 2 atom stereocenters. The largest absolute Gasteiger partial charge is 0.381 e. The third-order valence-electron chi connectivity index (χ3n) is 12.5. The summed E-state index contributed by atoms with van der Waals surface area (Å²) in [5.41, 5.74) is 7.21. The fraction of sp³-hybridized carbons (Fsp3) is 0.333. The number of carbonyl (C=O) groups excluding carboxylic acids is 5. The number of nitrogens with zero attached hydrogens (tertiary/aromatic N) is 6. The van der Waals surface area contributed by atoms with Crippen LogP contribution in [-0.4, -0.2) is 104 Å². The number of likely N-dealkylation sites (tertiary alicyclic amines) is 2. The van der Waals surface area contributed by atoms with Gasteiger partial charge in [0.05, 0.1) is 16.8 Å². The van der Waals surface area contributed by atoms with Crippen LogP contribution in [0.4, 0.5) is 23.0 Å². The molecule has 322 valence electrons. The Kier molecular flexibility index (Phi) is 12.0. The molecule has 4 aliphatic rings. The molecule has 2 aromatic heterocycles. The Morgan fingerprint density at radius 1 is 0.825 bits per heavy atom. The molecule has 15 heteroatoms. The minimum absolute atomic E-state index is 0.0891. The summed E-state index contributed by atoms with van der Waals surface area (Å²) in [6.07, 6.45) is 9.73. The van der Waals surface area contributed by atoms with E-state index in [4.69, 9.17) is 0 Å². The zero-order valence-electron chi connectivity index (χ0n) is 35.2. The molecule has 5 aromatic rings. The van der Waals surface area contributed by atoms with Crippen LogP contribution in [0.2, 0.25) is 0 Å². The number of amides is 5. The van der Waals surface area contributed by atoms with Gasteiger partial charge in [-0.3, -0.25) is 44.1 Å². The highest BCUT2D eigenvalue weighted by Gasteiger charge is 2.44. The van der Waals surface area contributed by atoms with E-state index in [1.807, 2.05) is 73.7 Å². The van der Waals surface area contributed by atoms with Gasteiger partial charge in [-0.1, -0.05) is 18.2 Å². The Balaban J connectivity index is 0.724. The average Bonchev–Trinajstić information content (AvgIpc) is 3.53. The zero-order valence-corrected chi connectivity index (χ0v) is 35.2. The summed E-state index contributed by atoms with van der Waals surface area (Å²) in [7, 11) is 0. The molecule has 63 heavy (non-hydrogen) atoms. The molecule has 1 unspecified atom stereocenters. The number of hydrogen-bond donors (Lipinski definition) is 4. The highest BCUT2D eigenvalue weighted by Crippen LogP contribution is 2.31. The van der Waals surface area contributed by atoms with Gasteiger partial charge in [0.2, 0.25) is 17.8 Å². The van der Waals surface area contributed by atoms with Gasteiger partial charge < -0.3 is 20.9 Å². The van der Waals surface area contributed by atoms with Crippen molar-refractivity contribution in [3.63, 3.8) is 0 Å². The van der Waals surface area contributed by atoms with E-state index in [0.717, 1.165) is 98.0 Å². The number of fused-ring (bicyclic) bond motifs is 1. The quantitative estimate of drug-likeness (QED) is 0.107. The molecular formula is C48H50N10O5. The number of hydrogen-bond acceptors (Lipinski definition) is 12. The molecule has 0 bridgehead atoms. The number of aromatic nitrogens is 3. The number of pyridine rings is 1. The lowest BCUT2D eigenvalue weighted by molar-refractivity contribution is -0.136. The maximum atomic E-state index is 13.3. The number of carbonyl (C=O) groups is 5. The second-order valence-corrected chi connectivity index (χ2v) is 17.0. The predicted octanol–water partition coefficient (Wildman–Crippen LogP) is 6.03. The van der Waals surface area contributed by atoms with Crippen LogP contribution in [0.15, 0.2) is 97.5 Å². The topological polar surface area (TPSA) is 182 Å². The summed E-state index contributed by atoms with van der Waals surface area (Å²) in [6, 6.07) is 23.7. The van der Waals surface area contributed by atoms with Crippen molar-refractivity contribution < 1.29 is 24.0 Å². The van der Waals surface area contributed by atoms with Crippen molar-refractivity contribution in [3.8, 4) is 11.3 Å². The average molecular weight is 847 g/mol. The molecular weight excluding hydrogens is 797 g/mol. The minimum Gasteiger partial charge on any atom is -0.381 e. The summed E-state index contributed by atoms with van der Waals surface area (Å²) in [6.45, 7) is 7.84. The van der Waals surface area contributed by atoms with Gasteiger partial charge in [-0.15, -0.1) is 0 Å². The van der Waals surface area contributed by atoms with Crippen LogP contribution >= 0.6 is 0 Å². The molecule has 15 nitrogen and oxygen atoms in total. The van der Waals surface area contributed by atoms with Gasteiger partial charge in [0.1, 0.15) is 6.04 Å². The second kappa shape index (κ2) is 18.2. The number of rotatable bonds is 12. The third kappa shape index (κ3) is 9.49. The first-order valence-corrected chi connectivity index (χ1v) is 21.7. The monoisotopic (exact) mass is 846 g/mol. The van der Waals surface area contributed by atoms with E-state index >= 15 is 0 Å². The minimum atomic E-state index is -0.979. The SMILES string of the molecule is Cc1ccc(NC(=O)c2ccc(CN3CCC(CN4CCC[C@H](Nc5ccc6c(c5)C(=O)N(C5CCC(=O)NC5=O)C6=O)C4)CC3)cc2)cc1Nc1nccc(-c2cccnc2)n1. The summed E-state index contributed by atoms with van der Waals surface area (Å²) in [4.78, 5) is 83.1. The number of anilines is 4. The number of imide groups is 2. The molecule has 0 aliphatic carbocycles. The molecule has 9 rings (SSSR count). The maximum Gasteiger partial charge on any atom is 0.262 e. The molecule has 6 heterocycles. The third-order valence-corrected chi connectivity index (χ3v) is 12.5. The summed E-state index contributed by atoms with van der Waals surface area (Å²) < 4.78 is 0. The normalized spacial score (nSPS) is 19.7. The lowest BCUT2D eigenvalue weighted by Crippen LogP contribution is -2.54. The molecule has 3 saturated heterocycles. The summed E-state index contributed by atoms with van der Waals surface area (Å²) in [5, 5.41) is 12.2. The van der Waals surface area contributed by atoms with Crippen LogP contribution in [0.25, 0.3) is 11.3 Å². The molecule has 0 spiro atoms. The van der Waals surface area contributed by atoms with E-state index in [0.29, 0.717) is 23.1 Å². The van der Waals surface area contributed by atoms with E-state index < -0.39 is 29.7 Å². The zero-order chi connectivity index (χ0) is 43.5. The highest BCUT2D eigenvalue weighted by molar-refractivity contribution is 6.23. The van der Waals surface area contributed by atoms with Crippen molar-refractivity contribution in [2.75, 3.05) is 48.7 Å². The van der Waals surface area contributed by atoms with Crippen molar-refractivity contribution >= 4 is 52.5 Å². The Morgan fingerprint density at radius 2 is 1.63 bits per heavy atom. The van der Waals surface area contributed by atoms with Crippen LogP contribution in [0, 0.1) is 12.8 Å². The summed E-state index contributed by atoms with van der Waals surface area (Å²) in [5.74, 6) is -1.12. The van der Waals surface area contributed by atoms with Gasteiger partial charge in [0.15, 0.2) is 0 Å². The van der Waals surface area contributed by atoms with Gasteiger partial charge in [-0.25, -0.2) is 9.97 Å². The molecule has 4 N–H and O–H groups in total. The Bertz CT molecular complexity index is 2540. The van der Waals surface area contributed by atoms with Crippen molar-refractivity contribution in [2.45, 2.75) is 64.1 Å². The number of aryl methyl sites for hydroxylation is 1. The maximum absolute atomic E-state index is 13.3. The number of benzene rings is 3. The van der Waals surface area contributed by atoms with E-state index in [-0.39, 0.29) is 35.9 Å². The van der Waals surface area contributed by atoms with Crippen LogP contribution in [0.1, 0.15) is 80.7 Å². The first kappa shape index (κ1) is 41.5. The van der Waals surface area contributed by atoms with Gasteiger partial charge in [0.25, 0.3) is 17.7 Å². The number of piperidine rings is 3. The van der Waals surface area contributed by atoms with Crippen molar-refractivity contribution in [3.05, 3.63) is 125 Å². The molecule has 4 aliphatic heterocycles. The number of nitrogens with one attached hydrogen (secondary N) is 4. The highest BCUT2D eigenvalue weighted by atomic mass is 16.2. The summed E-state index contributed by atoms with van der Waals surface area (Å²) >= 11 is 0. The Hall–Kier alpha value is -6.84. The molecule has 3 aromatic carbocycles. The van der Waals surface area contributed by atoms with Crippen LogP contribution in [-0.2, 0) is 16.1 Å². The molecule has 3 fully saturated rings. The van der Waals surface area contributed by atoms with Crippen LogP contribution < -0.4 is 21.3 Å². The predicted molar refractivity (Wildman–Crippen MR) is 238 cm³/mol. The van der Waals surface area contributed by atoms with Gasteiger partial charge >= 0.3 is 0 Å². The smallest absolute Gasteiger partial charge is 0.262 e. The molecule has 5 amide bonds. The lowest BCUT2D eigenvalue weighted by Gasteiger charge is -2.38. The van der Waals surface area contributed by atoms with E-state index in [2.05, 4.69) is 46.0 Å². The van der Waals surface area contributed by atoms with E-state index in [1.165, 1.54) is 5.56 Å². The fourth-order valence-electron chi connectivity index (χ4n) is 9.10. The Labute approximate surface area is 365 Å². The van der Waals surface area contributed by atoms with Crippen LogP contribution in [0.5, 0.6) is 0 Å². The standard InChI is InChI=1S/C48H50N10O5/c1-30-6-11-36(25-41(30)54-48-50-20-16-40(53-48)34-4-2-19-49-26-34)52-44(60)33-9-7-31(8-10-33)27-56-22-17-32(18-23-56)28-57-21-3-5-37(29-57)51-35-12-13-38-39(24-35)47(63)58(46(38)62)42-14-15-43(59)55-45(42)61/h2,4,6-13,16,19-20,24-26,32,37,42,51H,3,5,14-15,17-18,21-23,27-29H2,1H3,(H,52,60)(H,50,53,54)(H,55,59,61)/t37-,42?/m0/s1. The first-order valence-electron chi connectivity index (χ1n) is 21.7. The van der Waals surface area contributed by atoms with Gasteiger partial charge in [0, 0.05) is 78.9 Å². The van der Waals surface area contributed by atoms with E-state index in [9.17, 15) is 24.0 Å². The molecule has 0 radical (unpaired) electrons. The second-order valence-electron chi connectivity index (χ2n) is 17.0. The fourth-order valence-corrected chi connectivity index (χ4v) is 9.10. The lowest BCUT2D eigenvalue weighted by atomic mass is 9.94. The first-order chi connectivity index (χ1) is 30.6. The van der Waals surface area contributed by atoms with E-state index in [1.54, 1.807) is 30.7 Å². The molecule has 0 saturated carbocycles.